The van der Waals surface area contributed by atoms with Crippen LogP contribution in [0.1, 0.15) is 6.92 Å². The van der Waals surface area contributed by atoms with Crippen LogP contribution in [-0.4, -0.2) is 42.0 Å². The quantitative estimate of drug-likeness (QED) is 0.807. The summed E-state index contributed by atoms with van der Waals surface area (Å²) in [6, 6.07) is 4.61. The number of nitrogens with zero attached hydrogens (tertiary/aromatic N) is 2. The minimum Gasteiger partial charge on any atom is -0.300 e. The maximum absolute atomic E-state index is 12.3. The molecular formula is C12H13Cl2N3O3S2. The Hall–Kier alpha value is -0.930. The number of nitrogens with one attached hydrogen (secondary N) is 1. The van der Waals surface area contributed by atoms with Crippen molar-refractivity contribution in [2.75, 3.05) is 18.9 Å². The van der Waals surface area contributed by atoms with Gasteiger partial charge in [-0.25, -0.2) is 17.7 Å². The summed E-state index contributed by atoms with van der Waals surface area (Å²) >= 11 is 12.1. The summed E-state index contributed by atoms with van der Waals surface area (Å²) in [5, 5.41) is 2.78. The predicted octanol–water partition coefficient (Wildman–Crippen LogP) is 2.68. The van der Waals surface area contributed by atoms with Crippen LogP contribution in [0.25, 0.3) is 10.2 Å². The standard InChI is InChI=1S/C12H13Cl2N3O3S2/c1-3-17(2)22(19,20)7-4-5-8-9(6-7)21-12(15-8)16-11(18)10(13)14/h4-6,10H,3H2,1-2H3,(H,15,16,18). The average Bonchev–Trinajstić information content (AvgIpc) is 2.87. The highest BCUT2D eigenvalue weighted by Crippen LogP contribution is 2.29. The molecule has 0 aliphatic rings. The molecule has 1 amide bonds. The summed E-state index contributed by atoms with van der Waals surface area (Å²) in [6.45, 7) is 2.13. The Bertz CT molecular complexity index is 805. The van der Waals surface area contributed by atoms with E-state index >= 15 is 0 Å². The van der Waals surface area contributed by atoms with E-state index in [4.69, 9.17) is 23.2 Å². The topological polar surface area (TPSA) is 79.4 Å². The fourth-order valence-corrected chi connectivity index (χ4v) is 3.93. The molecule has 2 aromatic rings. The molecule has 0 atom stereocenters. The van der Waals surface area contributed by atoms with Crippen LogP contribution in [0, 0.1) is 0 Å². The van der Waals surface area contributed by atoms with E-state index in [1.807, 2.05) is 0 Å². The number of rotatable bonds is 5. The van der Waals surface area contributed by atoms with Crippen molar-refractivity contribution in [1.82, 2.24) is 9.29 Å². The van der Waals surface area contributed by atoms with Crippen LogP contribution in [0.3, 0.4) is 0 Å². The monoisotopic (exact) mass is 381 g/mol. The summed E-state index contributed by atoms with van der Waals surface area (Å²) in [6.07, 6.45) is 0. The van der Waals surface area contributed by atoms with Crippen LogP contribution in [0.5, 0.6) is 0 Å². The number of amides is 1. The van der Waals surface area contributed by atoms with Gasteiger partial charge in [-0.15, -0.1) is 0 Å². The van der Waals surface area contributed by atoms with Gasteiger partial charge in [-0.3, -0.25) is 10.1 Å². The average molecular weight is 382 g/mol. The molecule has 120 valence electrons. The predicted molar refractivity (Wildman–Crippen MR) is 89.2 cm³/mol. The second-order valence-electron chi connectivity index (χ2n) is 4.36. The molecule has 10 heteroatoms. The number of thiazole rings is 1. The first-order valence-electron chi connectivity index (χ1n) is 6.21. The first kappa shape index (κ1) is 17.4. The number of benzene rings is 1. The van der Waals surface area contributed by atoms with Crippen molar-refractivity contribution in [3.8, 4) is 0 Å². The number of hydrogen-bond donors (Lipinski definition) is 1. The third-order valence-electron chi connectivity index (χ3n) is 2.94. The summed E-state index contributed by atoms with van der Waals surface area (Å²) in [7, 11) is -2.01. The molecule has 6 nitrogen and oxygen atoms in total. The van der Waals surface area contributed by atoms with Gasteiger partial charge < -0.3 is 0 Å². The van der Waals surface area contributed by atoms with Crippen molar-refractivity contribution in [2.45, 2.75) is 16.7 Å². The first-order chi connectivity index (χ1) is 10.3. The number of carbonyl (C=O) groups is 1. The second-order valence-corrected chi connectivity index (χ2v) is 8.53. The summed E-state index contributed by atoms with van der Waals surface area (Å²) in [5.74, 6) is -0.582. The van der Waals surface area contributed by atoms with Gasteiger partial charge in [0.1, 0.15) is 0 Å². The number of alkyl halides is 2. The van der Waals surface area contributed by atoms with Gasteiger partial charge in [-0.1, -0.05) is 41.5 Å². The number of halogens is 2. The Kier molecular flexibility index (Phi) is 5.29. The van der Waals surface area contributed by atoms with Crippen LogP contribution in [0.4, 0.5) is 5.13 Å². The molecule has 0 spiro atoms. The van der Waals surface area contributed by atoms with Gasteiger partial charge in [0.25, 0.3) is 5.91 Å². The van der Waals surface area contributed by atoms with E-state index in [-0.39, 0.29) is 4.90 Å². The molecule has 1 aromatic heterocycles. The largest absolute Gasteiger partial charge is 0.300 e. The van der Waals surface area contributed by atoms with Crippen molar-refractivity contribution >= 4 is 65.8 Å². The third kappa shape index (κ3) is 3.52. The lowest BCUT2D eigenvalue weighted by Crippen LogP contribution is -2.26. The Morgan fingerprint density at radius 1 is 1.45 bits per heavy atom. The molecule has 0 aliphatic heterocycles. The minimum absolute atomic E-state index is 0.179. The molecule has 0 unspecified atom stereocenters. The Morgan fingerprint density at radius 2 is 2.14 bits per heavy atom. The van der Waals surface area contributed by atoms with Crippen molar-refractivity contribution in [2.24, 2.45) is 0 Å². The zero-order chi connectivity index (χ0) is 16.5. The third-order valence-corrected chi connectivity index (χ3v) is 6.20. The van der Waals surface area contributed by atoms with Crippen molar-refractivity contribution in [3.63, 3.8) is 0 Å². The number of hydrogen-bond acceptors (Lipinski definition) is 5. The highest BCUT2D eigenvalue weighted by atomic mass is 35.5. The van der Waals surface area contributed by atoms with Gasteiger partial charge in [0.05, 0.1) is 15.1 Å². The number of aromatic nitrogens is 1. The van der Waals surface area contributed by atoms with Crippen molar-refractivity contribution < 1.29 is 13.2 Å². The van der Waals surface area contributed by atoms with Gasteiger partial charge in [0.2, 0.25) is 10.0 Å². The van der Waals surface area contributed by atoms with E-state index in [1.165, 1.54) is 23.5 Å². The Morgan fingerprint density at radius 3 is 2.73 bits per heavy atom. The van der Waals surface area contributed by atoms with E-state index in [9.17, 15) is 13.2 Å². The van der Waals surface area contributed by atoms with Crippen LogP contribution in [0.15, 0.2) is 23.1 Å². The summed E-state index contributed by atoms with van der Waals surface area (Å²) < 4.78 is 26.5. The molecule has 2 rings (SSSR count). The highest BCUT2D eigenvalue weighted by Gasteiger charge is 2.20. The lowest BCUT2D eigenvalue weighted by Gasteiger charge is -2.14. The van der Waals surface area contributed by atoms with Gasteiger partial charge in [0.15, 0.2) is 9.97 Å². The SMILES string of the molecule is CCN(C)S(=O)(=O)c1ccc2nc(NC(=O)C(Cl)Cl)sc2c1. The van der Waals surface area contributed by atoms with Gasteiger partial charge in [-0.05, 0) is 18.2 Å². The second kappa shape index (κ2) is 6.67. The number of fused-ring (bicyclic) bond motifs is 1. The van der Waals surface area contributed by atoms with Crippen LogP contribution >= 0.6 is 34.5 Å². The fourth-order valence-electron chi connectivity index (χ4n) is 1.63. The van der Waals surface area contributed by atoms with Crippen LogP contribution < -0.4 is 5.32 Å². The Balaban J connectivity index is 2.38. The van der Waals surface area contributed by atoms with E-state index < -0.39 is 20.8 Å². The molecule has 0 fully saturated rings. The number of carbonyl (C=O) groups excluding carboxylic acids is 1. The van der Waals surface area contributed by atoms with E-state index in [0.29, 0.717) is 21.9 Å². The highest BCUT2D eigenvalue weighted by molar-refractivity contribution is 7.89. The molecule has 22 heavy (non-hydrogen) atoms. The molecular weight excluding hydrogens is 369 g/mol. The first-order valence-corrected chi connectivity index (χ1v) is 9.34. The number of sulfonamides is 1. The minimum atomic E-state index is -3.53. The molecule has 0 aliphatic carbocycles. The van der Waals surface area contributed by atoms with Crippen LogP contribution in [0.2, 0.25) is 0 Å². The maximum atomic E-state index is 12.3. The molecule has 0 bridgehead atoms. The van der Waals surface area contributed by atoms with E-state index in [1.54, 1.807) is 13.0 Å². The lowest BCUT2D eigenvalue weighted by molar-refractivity contribution is -0.114. The molecule has 0 radical (unpaired) electrons. The van der Waals surface area contributed by atoms with Crippen molar-refractivity contribution in [3.05, 3.63) is 18.2 Å². The van der Waals surface area contributed by atoms with Crippen molar-refractivity contribution in [1.29, 1.82) is 0 Å². The van der Waals surface area contributed by atoms with Gasteiger partial charge >= 0.3 is 0 Å². The molecule has 1 heterocycles. The fraction of sp³-hybridized carbons (Fsp3) is 0.333. The van der Waals surface area contributed by atoms with Gasteiger partial charge in [0, 0.05) is 13.6 Å². The maximum Gasteiger partial charge on any atom is 0.259 e. The molecule has 1 aromatic carbocycles. The molecule has 0 saturated heterocycles. The summed E-state index contributed by atoms with van der Waals surface area (Å²) in [5.41, 5.74) is 0.582. The number of anilines is 1. The molecule has 0 saturated carbocycles. The van der Waals surface area contributed by atoms with E-state index in [0.717, 1.165) is 11.3 Å². The van der Waals surface area contributed by atoms with E-state index in [2.05, 4.69) is 10.3 Å². The molecule has 1 N–H and O–H groups in total. The normalized spacial score (nSPS) is 12.3. The zero-order valence-corrected chi connectivity index (χ0v) is 14.9. The summed E-state index contributed by atoms with van der Waals surface area (Å²) in [4.78, 5) is 14.6. The zero-order valence-electron chi connectivity index (χ0n) is 11.7. The van der Waals surface area contributed by atoms with Crippen LogP contribution in [-0.2, 0) is 14.8 Å². The smallest absolute Gasteiger partial charge is 0.259 e. The lowest BCUT2D eigenvalue weighted by atomic mass is 10.3. The van der Waals surface area contributed by atoms with Gasteiger partial charge in [-0.2, -0.15) is 0 Å². The Labute approximate surface area is 142 Å².